The van der Waals surface area contributed by atoms with Gasteiger partial charge in [0.05, 0.1) is 0 Å². The van der Waals surface area contributed by atoms with Gasteiger partial charge in [-0.25, -0.2) is 0 Å². The zero-order valence-corrected chi connectivity index (χ0v) is 25.8. The van der Waals surface area contributed by atoms with Gasteiger partial charge in [-0.3, -0.25) is 4.67 Å². The van der Waals surface area contributed by atoms with Crippen LogP contribution >= 0.6 is 16.0 Å². The van der Waals surface area contributed by atoms with E-state index in [1.165, 1.54) is 65.7 Å². The highest BCUT2D eigenvalue weighted by Gasteiger charge is 2.25. The Morgan fingerprint density at radius 2 is 0.649 bits per heavy atom. The van der Waals surface area contributed by atoms with Crippen molar-refractivity contribution in [2.24, 2.45) is 0 Å². The normalized spacial score (nSPS) is 11.7. The quantitative estimate of drug-likeness (QED) is 0.226. The maximum atomic E-state index is 2.67. The Kier molecular flexibility index (Phi) is 8.70. The standard InChI is InChI=1S/C34H41NP2/c1-23-10-24(2)15-31(14-23)36(32-16-25(3)11-26(4)17-32)22-35(9)37(33-18-27(5)12-28(6)19-33)34-20-29(7)13-30(8)21-34/h10-21H,22H2,1-9H3. The Hall–Kier alpha value is -2.30. The second-order valence-corrected chi connectivity index (χ2v) is 15.4. The van der Waals surface area contributed by atoms with Crippen molar-refractivity contribution in [1.82, 2.24) is 4.67 Å². The Morgan fingerprint density at radius 1 is 0.405 bits per heavy atom. The van der Waals surface area contributed by atoms with E-state index in [9.17, 15) is 0 Å². The molecule has 192 valence electrons. The SMILES string of the molecule is Cc1cc(C)cc(P(CN(C)P(c2cc(C)cc(C)c2)c2cc(C)cc(C)c2)c2cc(C)cc(C)c2)c1. The Bertz CT molecular complexity index is 1240. The Labute approximate surface area is 227 Å². The fraction of sp³-hybridized carbons (Fsp3) is 0.294. The van der Waals surface area contributed by atoms with Gasteiger partial charge in [-0.2, -0.15) is 0 Å². The van der Waals surface area contributed by atoms with Gasteiger partial charge in [-0.15, -0.1) is 0 Å². The summed E-state index contributed by atoms with van der Waals surface area (Å²) in [6.07, 6.45) is 1.02. The Balaban J connectivity index is 1.85. The fourth-order valence-electron chi connectivity index (χ4n) is 5.48. The first kappa shape index (κ1) is 27.7. The molecule has 0 atom stereocenters. The zero-order chi connectivity index (χ0) is 26.9. The summed E-state index contributed by atoms with van der Waals surface area (Å²) in [5.74, 6) is 0. The lowest BCUT2D eigenvalue weighted by Crippen LogP contribution is -2.30. The molecule has 0 aliphatic carbocycles. The van der Waals surface area contributed by atoms with Crippen molar-refractivity contribution < 1.29 is 0 Å². The van der Waals surface area contributed by atoms with Crippen LogP contribution < -0.4 is 21.2 Å². The maximum Gasteiger partial charge on any atom is 0.0306 e. The molecule has 0 amide bonds. The van der Waals surface area contributed by atoms with Crippen molar-refractivity contribution in [3.63, 3.8) is 0 Å². The molecule has 4 aromatic rings. The summed E-state index contributed by atoms with van der Waals surface area (Å²) in [6.45, 7) is 17.8. The van der Waals surface area contributed by atoms with E-state index in [0.717, 1.165) is 6.29 Å². The first-order valence-corrected chi connectivity index (χ1v) is 15.9. The third-order valence-corrected chi connectivity index (χ3v) is 11.6. The number of nitrogens with zero attached hydrogens (tertiary/aromatic N) is 1. The van der Waals surface area contributed by atoms with Crippen molar-refractivity contribution in [1.29, 1.82) is 0 Å². The molecule has 0 bridgehead atoms. The van der Waals surface area contributed by atoms with E-state index >= 15 is 0 Å². The second kappa shape index (κ2) is 11.6. The molecule has 0 aliphatic rings. The van der Waals surface area contributed by atoms with E-state index in [1.54, 1.807) is 0 Å². The first-order valence-electron chi connectivity index (χ1n) is 13.1. The molecule has 0 unspecified atom stereocenters. The largest absolute Gasteiger partial charge is 0.273 e. The monoisotopic (exact) mass is 525 g/mol. The molecule has 0 aromatic heterocycles. The lowest BCUT2D eigenvalue weighted by atomic mass is 10.2. The van der Waals surface area contributed by atoms with Crippen LogP contribution in [0.3, 0.4) is 0 Å². The van der Waals surface area contributed by atoms with E-state index < -0.39 is 16.0 Å². The summed E-state index contributed by atoms with van der Waals surface area (Å²) in [5.41, 5.74) is 10.7. The summed E-state index contributed by atoms with van der Waals surface area (Å²) >= 11 is 0. The molecule has 0 radical (unpaired) electrons. The Morgan fingerprint density at radius 3 is 0.919 bits per heavy atom. The van der Waals surface area contributed by atoms with E-state index in [1.807, 2.05) is 0 Å². The highest BCUT2D eigenvalue weighted by molar-refractivity contribution is 7.75. The predicted octanol–water partition coefficient (Wildman–Crippen LogP) is 7.52. The van der Waals surface area contributed by atoms with E-state index in [4.69, 9.17) is 0 Å². The molecule has 0 spiro atoms. The zero-order valence-electron chi connectivity index (χ0n) is 24.0. The average Bonchev–Trinajstić information content (AvgIpc) is 2.75. The van der Waals surface area contributed by atoms with E-state index in [-0.39, 0.29) is 0 Å². The van der Waals surface area contributed by atoms with Crippen LogP contribution in [0.1, 0.15) is 44.5 Å². The number of hydrogen-bond donors (Lipinski definition) is 0. The summed E-state index contributed by atoms with van der Waals surface area (Å²) < 4.78 is 2.67. The summed E-state index contributed by atoms with van der Waals surface area (Å²) in [4.78, 5) is 0. The number of hydrogen-bond acceptors (Lipinski definition) is 1. The minimum Gasteiger partial charge on any atom is -0.273 e. The first-order chi connectivity index (χ1) is 17.5. The lowest BCUT2D eigenvalue weighted by molar-refractivity contribution is 0.659. The third-order valence-electron chi connectivity index (χ3n) is 6.63. The average molecular weight is 526 g/mol. The topological polar surface area (TPSA) is 3.24 Å². The molecule has 0 saturated heterocycles. The summed E-state index contributed by atoms with van der Waals surface area (Å²) in [6, 6.07) is 28.4. The van der Waals surface area contributed by atoms with Crippen molar-refractivity contribution >= 4 is 37.2 Å². The van der Waals surface area contributed by atoms with Gasteiger partial charge in [0.15, 0.2) is 0 Å². The van der Waals surface area contributed by atoms with Crippen LogP contribution in [0.4, 0.5) is 0 Å². The smallest absolute Gasteiger partial charge is 0.0306 e. The van der Waals surface area contributed by atoms with Crippen molar-refractivity contribution in [3.05, 3.63) is 117 Å². The maximum absolute atomic E-state index is 2.67. The fourth-order valence-corrected chi connectivity index (χ4v) is 11.2. The van der Waals surface area contributed by atoms with Crippen LogP contribution in [0.2, 0.25) is 0 Å². The molecule has 4 aromatic carbocycles. The van der Waals surface area contributed by atoms with Gasteiger partial charge in [0.2, 0.25) is 0 Å². The molecular weight excluding hydrogens is 484 g/mol. The van der Waals surface area contributed by atoms with Crippen molar-refractivity contribution in [2.75, 3.05) is 13.3 Å². The minimum absolute atomic E-state index is 0.557. The van der Waals surface area contributed by atoms with Gasteiger partial charge >= 0.3 is 0 Å². The molecule has 0 heterocycles. The minimum atomic E-state index is -0.671. The number of benzene rings is 4. The molecule has 3 heteroatoms. The molecule has 0 fully saturated rings. The van der Waals surface area contributed by atoms with Gasteiger partial charge in [0.25, 0.3) is 0 Å². The van der Waals surface area contributed by atoms with Crippen LogP contribution in [-0.4, -0.2) is 18.0 Å². The molecule has 1 nitrogen and oxygen atoms in total. The molecular formula is C34H41NP2. The molecule has 37 heavy (non-hydrogen) atoms. The van der Waals surface area contributed by atoms with Crippen molar-refractivity contribution in [2.45, 2.75) is 55.4 Å². The number of aryl methyl sites for hydroxylation is 8. The van der Waals surface area contributed by atoms with Gasteiger partial charge < -0.3 is 0 Å². The predicted molar refractivity (Wildman–Crippen MR) is 169 cm³/mol. The van der Waals surface area contributed by atoms with Crippen LogP contribution in [0.5, 0.6) is 0 Å². The summed E-state index contributed by atoms with van der Waals surface area (Å²) in [7, 11) is 1.12. The molecule has 0 aliphatic heterocycles. The van der Waals surface area contributed by atoms with Crippen LogP contribution in [0, 0.1) is 55.4 Å². The van der Waals surface area contributed by atoms with Crippen LogP contribution in [-0.2, 0) is 0 Å². The van der Waals surface area contributed by atoms with Crippen LogP contribution in [0.15, 0.2) is 72.8 Å². The van der Waals surface area contributed by atoms with Crippen LogP contribution in [0.25, 0.3) is 0 Å². The van der Waals surface area contributed by atoms with Gasteiger partial charge in [-0.05, 0) is 116 Å². The van der Waals surface area contributed by atoms with Crippen molar-refractivity contribution in [3.8, 4) is 0 Å². The molecule has 0 saturated carbocycles. The van der Waals surface area contributed by atoms with Gasteiger partial charge in [0.1, 0.15) is 0 Å². The molecule has 0 N–H and O–H groups in total. The van der Waals surface area contributed by atoms with Gasteiger partial charge in [0, 0.05) is 14.4 Å². The summed E-state index contributed by atoms with van der Waals surface area (Å²) in [5, 5.41) is 5.83. The second-order valence-electron chi connectivity index (χ2n) is 10.9. The highest BCUT2D eigenvalue weighted by Crippen LogP contribution is 2.45. The lowest BCUT2D eigenvalue weighted by Gasteiger charge is -2.33. The van der Waals surface area contributed by atoms with Gasteiger partial charge in [-0.1, -0.05) is 93.0 Å². The third kappa shape index (κ3) is 6.97. The molecule has 4 rings (SSSR count). The van der Waals surface area contributed by atoms with E-state index in [0.29, 0.717) is 0 Å². The number of rotatable bonds is 7. The highest BCUT2D eigenvalue weighted by atomic mass is 31.1. The van der Waals surface area contributed by atoms with E-state index in [2.05, 4.69) is 140 Å².